The van der Waals surface area contributed by atoms with Crippen molar-refractivity contribution < 1.29 is 35.4 Å². The molecule has 0 saturated heterocycles. The average Bonchev–Trinajstić information content (AvgIpc) is 2.29. The van der Waals surface area contributed by atoms with Crippen LogP contribution in [0.3, 0.4) is 0 Å². The second-order valence-corrected chi connectivity index (χ2v) is 9.36. The summed E-state index contributed by atoms with van der Waals surface area (Å²) in [6, 6.07) is 8.21. The summed E-state index contributed by atoms with van der Waals surface area (Å²) >= 11 is 3.40. The first-order valence-corrected chi connectivity index (χ1v) is 10.4. The first-order valence-electron chi connectivity index (χ1n) is 5.88. The number of rotatable bonds is 6. The number of hydrogen-bond donors (Lipinski definition) is 2. The molecule has 0 unspecified atom stereocenters. The molecule has 0 aliphatic rings. The molecule has 0 aliphatic heterocycles. The van der Waals surface area contributed by atoms with Gasteiger partial charge in [-0.25, -0.2) is 0 Å². The van der Waals surface area contributed by atoms with Crippen LogP contribution in [0.15, 0.2) is 28.7 Å². The van der Waals surface area contributed by atoms with Crippen LogP contribution >= 0.6 is 23.7 Å². The van der Waals surface area contributed by atoms with Crippen molar-refractivity contribution in [2.24, 2.45) is 0 Å². The molecule has 2 N–H and O–H groups in total. The molecule has 0 heterocycles. The van der Waals surface area contributed by atoms with Crippen LogP contribution in [-0.4, -0.2) is 34.9 Å². The van der Waals surface area contributed by atoms with Crippen molar-refractivity contribution in [1.82, 2.24) is 0 Å². The first-order chi connectivity index (χ1) is 9.71. The zero-order chi connectivity index (χ0) is 17.5. The van der Waals surface area contributed by atoms with Gasteiger partial charge >= 0.3 is 33.0 Å². The minimum atomic E-state index is -10.7. The standard InChI is InChI=1S/C11H16BrO2S.F6P/c12-11-3-1-10(2-4-11)9-15(7-5-13)8-6-14;1-7(2,3,4,5)6/h1-4,13-14H,5-9H2;/q+1;-1. The maximum Gasteiger partial charge on any atom is 0.133 e. The topological polar surface area (TPSA) is 40.5 Å². The Morgan fingerprint density at radius 1 is 0.864 bits per heavy atom. The maximum atomic E-state index is 9.87. The Kier molecular flexibility index (Phi) is 7.69. The predicted molar refractivity (Wildman–Crippen MR) is 82.7 cm³/mol. The van der Waals surface area contributed by atoms with Gasteiger partial charge in [-0.15, -0.1) is 0 Å². The summed E-state index contributed by atoms with van der Waals surface area (Å²) in [5.41, 5.74) is 1.27. The van der Waals surface area contributed by atoms with Gasteiger partial charge < -0.3 is 10.2 Å². The summed E-state index contributed by atoms with van der Waals surface area (Å²) in [6.45, 7) is 0.416. The quantitative estimate of drug-likeness (QED) is 0.377. The Labute approximate surface area is 135 Å². The van der Waals surface area contributed by atoms with E-state index in [-0.39, 0.29) is 24.1 Å². The summed E-state index contributed by atoms with van der Waals surface area (Å²) in [5.74, 6) is 2.53. The number of halogens is 7. The smallest absolute Gasteiger partial charge is 0.133 e. The Balaban J connectivity index is 0.000000534. The molecule has 11 heteroatoms. The molecule has 1 aromatic rings. The second kappa shape index (κ2) is 7.70. The summed E-state index contributed by atoms with van der Waals surface area (Å²) in [5, 5.41) is 17.8. The number of benzene rings is 1. The van der Waals surface area contributed by atoms with Gasteiger partial charge in [-0.05, 0) is 23.0 Å². The van der Waals surface area contributed by atoms with Crippen molar-refractivity contribution >= 4 is 34.6 Å². The molecule has 22 heavy (non-hydrogen) atoms. The summed E-state index contributed by atoms with van der Waals surface area (Å²) in [4.78, 5) is 0. The van der Waals surface area contributed by atoms with E-state index in [0.717, 1.165) is 21.7 Å². The molecule has 0 fully saturated rings. The summed E-state index contributed by atoms with van der Waals surface area (Å²) in [6.07, 6.45) is 0. The zero-order valence-electron chi connectivity index (χ0n) is 11.2. The molecule has 0 bridgehead atoms. The molecular weight excluding hydrogens is 421 g/mol. The fraction of sp³-hybridized carbons (Fsp3) is 0.455. The second-order valence-electron chi connectivity index (χ2n) is 4.20. The van der Waals surface area contributed by atoms with Crippen molar-refractivity contribution in [3.63, 3.8) is 0 Å². The average molecular weight is 437 g/mol. The van der Waals surface area contributed by atoms with Gasteiger partial charge in [-0.3, -0.25) is 0 Å². The minimum absolute atomic E-state index is 0.103. The van der Waals surface area contributed by atoms with Crippen molar-refractivity contribution in [2.45, 2.75) is 5.75 Å². The van der Waals surface area contributed by atoms with Crippen LogP contribution in [0.25, 0.3) is 0 Å². The van der Waals surface area contributed by atoms with Crippen molar-refractivity contribution in [1.29, 1.82) is 0 Å². The predicted octanol–water partition coefficient (Wildman–Crippen LogP) is 4.93. The molecule has 0 radical (unpaired) electrons. The van der Waals surface area contributed by atoms with E-state index < -0.39 is 7.81 Å². The molecule has 0 aromatic heterocycles. The van der Waals surface area contributed by atoms with E-state index in [1.165, 1.54) is 5.56 Å². The van der Waals surface area contributed by atoms with Crippen molar-refractivity contribution in [3.8, 4) is 0 Å². The van der Waals surface area contributed by atoms with Crippen LogP contribution in [0.5, 0.6) is 0 Å². The largest absolute Gasteiger partial charge is 0.391 e. The van der Waals surface area contributed by atoms with Crippen LogP contribution in [0.2, 0.25) is 0 Å². The molecule has 0 aliphatic carbocycles. The third-order valence-electron chi connectivity index (χ3n) is 2.04. The van der Waals surface area contributed by atoms with Gasteiger partial charge in [0.15, 0.2) is 0 Å². The van der Waals surface area contributed by atoms with E-state index in [9.17, 15) is 25.2 Å². The van der Waals surface area contributed by atoms with E-state index in [0.29, 0.717) is 0 Å². The maximum absolute atomic E-state index is 10.7. The first kappa shape index (κ1) is 22.0. The zero-order valence-corrected chi connectivity index (χ0v) is 14.5. The minimum Gasteiger partial charge on any atom is -0.391 e. The SMILES string of the molecule is F[P-](F)(F)(F)(F)F.OCC[S+](CCO)Cc1ccc(Br)cc1. The molecule has 0 saturated carbocycles. The molecule has 1 aromatic carbocycles. The number of hydrogen-bond acceptors (Lipinski definition) is 2. The fourth-order valence-corrected chi connectivity index (χ4v) is 3.26. The molecule has 2 nitrogen and oxygen atoms in total. The van der Waals surface area contributed by atoms with Gasteiger partial charge in [-0.1, -0.05) is 28.1 Å². The van der Waals surface area contributed by atoms with E-state index in [4.69, 9.17) is 10.2 Å². The fourth-order valence-electron chi connectivity index (χ4n) is 1.32. The number of aliphatic hydroxyl groups is 2. The van der Waals surface area contributed by atoms with Crippen molar-refractivity contribution in [2.75, 3.05) is 24.7 Å². The van der Waals surface area contributed by atoms with E-state index >= 15 is 0 Å². The third kappa shape index (κ3) is 18.0. The Morgan fingerprint density at radius 2 is 1.23 bits per heavy atom. The molecule has 0 amide bonds. The van der Waals surface area contributed by atoms with Gasteiger partial charge in [0.25, 0.3) is 0 Å². The van der Waals surface area contributed by atoms with Gasteiger partial charge in [-0.2, -0.15) is 0 Å². The molecular formula is C11H16BrF6O2PS. The van der Waals surface area contributed by atoms with Gasteiger partial charge in [0.05, 0.1) is 13.2 Å². The number of aliphatic hydroxyl groups excluding tert-OH is 2. The van der Waals surface area contributed by atoms with Crippen LogP contribution in [0.1, 0.15) is 5.56 Å². The monoisotopic (exact) mass is 436 g/mol. The normalized spacial score (nSPS) is 14.8. The van der Waals surface area contributed by atoms with Gasteiger partial charge in [0.2, 0.25) is 0 Å². The van der Waals surface area contributed by atoms with Crippen LogP contribution in [-0.2, 0) is 16.6 Å². The van der Waals surface area contributed by atoms with Gasteiger partial charge in [0.1, 0.15) is 17.3 Å². The molecule has 1 rings (SSSR count). The van der Waals surface area contributed by atoms with E-state index in [1.807, 2.05) is 12.1 Å². The van der Waals surface area contributed by atoms with E-state index in [1.54, 1.807) is 0 Å². The summed E-state index contributed by atoms with van der Waals surface area (Å²) in [7, 11) is -10.6. The Morgan fingerprint density at radius 3 is 1.55 bits per heavy atom. The Hall–Kier alpha value is -0.0200. The molecule has 0 atom stereocenters. The van der Waals surface area contributed by atoms with Crippen LogP contribution in [0, 0.1) is 0 Å². The van der Waals surface area contributed by atoms with E-state index in [2.05, 4.69) is 28.1 Å². The molecule has 132 valence electrons. The molecule has 0 spiro atoms. The van der Waals surface area contributed by atoms with Crippen LogP contribution in [0.4, 0.5) is 25.2 Å². The summed E-state index contributed by atoms with van der Waals surface area (Å²) < 4.78 is 60.3. The third-order valence-corrected chi connectivity index (χ3v) is 4.83. The van der Waals surface area contributed by atoms with Gasteiger partial charge in [0, 0.05) is 10.0 Å². The Bertz CT molecular complexity index is 435. The van der Waals surface area contributed by atoms with Crippen LogP contribution < -0.4 is 0 Å². The van der Waals surface area contributed by atoms with Crippen molar-refractivity contribution in [3.05, 3.63) is 34.3 Å².